The van der Waals surface area contributed by atoms with Gasteiger partial charge in [-0.1, -0.05) is 0 Å². The number of methoxy groups -OCH3 is 1. The van der Waals surface area contributed by atoms with Gasteiger partial charge in [0.25, 0.3) is 5.91 Å². The van der Waals surface area contributed by atoms with Gasteiger partial charge in [-0.2, -0.15) is 0 Å². The number of ether oxygens (including phenoxy) is 2. The number of esters is 1. The Kier molecular flexibility index (Phi) is 5.73. The zero-order valence-electron chi connectivity index (χ0n) is 13.8. The molecule has 0 radical (unpaired) electrons. The van der Waals surface area contributed by atoms with E-state index in [0.29, 0.717) is 22.6 Å². The highest BCUT2D eigenvalue weighted by atomic mass is 16.5. The van der Waals surface area contributed by atoms with Crippen LogP contribution in [-0.2, 0) is 9.53 Å². The van der Waals surface area contributed by atoms with E-state index in [1.165, 1.54) is 38.3 Å². The summed E-state index contributed by atoms with van der Waals surface area (Å²) in [4.78, 5) is 35.1. The summed E-state index contributed by atoms with van der Waals surface area (Å²) >= 11 is 0. The molecule has 0 aliphatic carbocycles. The lowest BCUT2D eigenvalue weighted by Gasteiger charge is -2.14. The second kappa shape index (κ2) is 7.96. The minimum Gasteiger partial charge on any atom is -0.497 e. The van der Waals surface area contributed by atoms with Gasteiger partial charge in [-0.15, -0.1) is 0 Å². The van der Waals surface area contributed by atoms with Gasteiger partial charge in [-0.05, 0) is 55.5 Å². The lowest BCUT2D eigenvalue weighted by molar-refractivity contribution is -0.123. The number of amides is 2. The molecule has 3 N–H and O–H groups in total. The summed E-state index contributed by atoms with van der Waals surface area (Å²) in [6.45, 7) is 1.47. The van der Waals surface area contributed by atoms with Crippen molar-refractivity contribution < 1.29 is 23.9 Å². The fraction of sp³-hybridized carbons (Fsp3) is 0.167. The van der Waals surface area contributed by atoms with Crippen molar-refractivity contribution in [2.24, 2.45) is 5.73 Å². The molecule has 0 heterocycles. The van der Waals surface area contributed by atoms with Crippen LogP contribution >= 0.6 is 0 Å². The molecule has 0 bridgehead atoms. The Morgan fingerprint density at radius 1 is 0.960 bits per heavy atom. The van der Waals surface area contributed by atoms with Crippen molar-refractivity contribution in [3.8, 4) is 5.75 Å². The predicted molar refractivity (Wildman–Crippen MR) is 91.5 cm³/mol. The van der Waals surface area contributed by atoms with Gasteiger partial charge in [0.15, 0.2) is 6.10 Å². The molecule has 0 aliphatic heterocycles. The van der Waals surface area contributed by atoms with E-state index >= 15 is 0 Å². The minimum atomic E-state index is -0.995. The van der Waals surface area contributed by atoms with Crippen LogP contribution in [0.2, 0.25) is 0 Å². The number of benzene rings is 2. The van der Waals surface area contributed by atoms with Crippen LogP contribution in [0.25, 0.3) is 0 Å². The standard InChI is InChI=1S/C18H18N2O5/c1-11(25-18(23)13-5-9-15(24-2)10-6-13)17(22)20-14-7-3-12(4-8-14)16(19)21/h3-11H,1-2H3,(H2,19,21)(H,20,22)/t11-/m1/s1. The molecule has 25 heavy (non-hydrogen) atoms. The van der Waals surface area contributed by atoms with Crippen LogP contribution in [0.5, 0.6) is 5.75 Å². The van der Waals surface area contributed by atoms with Crippen LogP contribution in [0, 0.1) is 0 Å². The van der Waals surface area contributed by atoms with Crippen LogP contribution in [0.3, 0.4) is 0 Å². The lowest BCUT2D eigenvalue weighted by atomic mass is 10.2. The van der Waals surface area contributed by atoms with E-state index in [1.807, 2.05) is 0 Å². The summed E-state index contributed by atoms with van der Waals surface area (Å²) in [7, 11) is 1.52. The fourth-order valence-electron chi connectivity index (χ4n) is 1.97. The molecule has 0 saturated heterocycles. The zero-order chi connectivity index (χ0) is 18.4. The quantitative estimate of drug-likeness (QED) is 0.781. The maximum absolute atomic E-state index is 12.1. The smallest absolute Gasteiger partial charge is 0.338 e. The molecule has 0 saturated carbocycles. The van der Waals surface area contributed by atoms with Crippen LogP contribution < -0.4 is 15.8 Å². The minimum absolute atomic E-state index is 0.311. The highest BCUT2D eigenvalue weighted by Crippen LogP contribution is 2.14. The number of carbonyl (C=O) groups excluding carboxylic acids is 3. The number of rotatable bonds is 6. The van der Waals surface area contributed by atoms with E-state index in [9.17, 15) is 14.4 Å². The monoisotopic (exact) mass is 342 g/mol. The molecular formula is C18H18N2O5. The highest BCUT2D eigenvalue weighted by molar-refractivity contribution is 5.98. The molecule has 2 aromatic carbocycles. The van der Waals surface area contributed by atoms with Crippen LogP contribution in [0.4, 0.5) is 5.69 Å². The second-order valence-electron chi connectivity index (χ2n) is 5.21. The molecule has 130 valence electrons. The van der Waals surface area contributed by atoms with Gasteiger partial charge in [-0.25, -0.2) is 4.79 Å². The van der Waals surface area contributed by atoms with Crippen molar-refractivity contribution in [3.63, 3.8) is 0 Å². The first-order chi connectivity index (χ1) is 11.9. The molecule has 0 aromatic heterocycles. The van der Waals surface area contributed by atoms with E-state index in [-0.39, 0.29) is 0 Å². The Hall–Kier alpha value is -3.35. The Balaban J connectivity index is 1.94. The van der Waals surface area contributed by atoms with Crippen molar-refractivity contribution in [2.45, 2.75) is 13.0 Å². The molecule has 2 amide bonds. The largest absolute Gasteiger partial charge is 0.497 e. The van der Waals surface area contributed by atoms with Crippen molar-refractivity contribution in [1.82, 2.24) is 0 Å². The maximum atomic E-state index is 12.1. The third-order valence-electron chi connectivity index (χ3n) is 3.42. The first-order valence-electron chi connectivity index (χ1n) is 7.46. The van der Waals surface area contributed by atoms with E-state index in [0.717, 1.165) is 0 Å². The van der Waals surface area contributed by atoms with Crippen LogP contribution in [0.15, 0.2) is 48.5 Å². The first kappa shape index (κ1) is 18.0. The molecule has 0 aliphatic rings. The number of anilines is 1. The van der Waals surface area contributed by atoms with Gasteiger partial charge >= 0.3 is 5.97 Å². The van der Waals surface area contributed by atoms with Gasteiger partial charge < -0.3 is 20.5 Å². The zero-order valence-corrected chi connectivity index (χ0v) is 13.8. The molecule has 0 unspecified atom stereocenters. The lowest BCUT2D eigenvalue weighted by Crippen LogP contribution is -2.30. The van der Waals surface area contributed by atoms with Crippen molar-refractivity contribution in [1.29, 1.82) is 0 Å². The second-order valence-corrected chi connectivity index (χ2v) is 5.21. The summed E-state index contributed by atoms with van der Waals surface area (Å²) in [5, 5.41) is 2.59. The van der Waals surface area contributed by atoms with Gasteiger partial charge in [0.05, 0.1) is 12.7 Å². The molecule has 7 heteroatoms. The summed E-state index contributed by atoms with van der Waals surface area (Å²) in [5.41, 5.74) is 6.25. The molecule has 2 rings (SSSR count). The molecule has 1 atom stereocenters. The van der Waals surface area contributed by atoms with E-state index in [2.05, 4.69) is 5.32 Å². The number of nitrogens with two attached hydrogens (primary N) is 1. The van der Waals surface area contributed by atoms with E-state index in [1.54, 1.807) is 24.3 Å². The highest BCUT2D eigenvalue weighted by Gasteiger charge is 2.19. The van der Waals surface area contributed by atoms with Crippen LogP contribution in [-0.4, -0.2) is 31.0 Å². The van der Waals surface area contributed by atoms with Crippen LogP contribution in [0.1, 0.15) is 27.6 Å². The Morgan fingerprint density at radius 3 is 2.04 bits per heavy atom. The molecule has 0 spiro atoms. The predicted octanol–water partition coefficient (Wildman–Crippen LogP) is 1.98. The van der Waals surface area contributed by atoms with Crippen molar-refractivity contribution in [3.05, 3.63) is 59.7 Å². The third kappa shape index (κ3) is 4.81. The van der Waals surface area contributed by atoms with Gasteiger partial charge in [0.1, 0.15) is 5.75 Å². The van der Waals surface area contributed by atoms with Gasteiger partial charge in [0.2, 0.25) is 5.91 Å². The average Bonchev–Trinajstić information content (AvgIpc) is 2.62. The van der Waals surface area contributed by atoms with Gasteiger partial charge in [0, 0.05) is 11.3 Å². The third-order valence-corrected chi connectivity index (χ3v) is 3.42. The fourth-order valence-corrected chi connectivity index (χ4v) is 1.97. The number of hydrogen-bond acceptors (Lipinski definition) is 5. The number of primary amides is 1. The summed E-state index contributed by atoms with van der Waals surface area (Å²) in [5.74, 6) is -1.05. The number of carbonyl (C=O) groups is 3. The molecule has 2 aromatic rings. The molecular weight excluding hydrogens is 324 g/mol. The van der Waals surface area contributed by atoms with Crippen molar-refractivity contribution >= 4 is 23.5 Å². The normalized spacial score (nSPS) is 11.3. The van der Waals surface area contributed by atoms with Crippen molar-refractivity contribution in [2.75, 3.05) is 12.4 Å². The Bertz CT molecular complexity index is 769. The number of hydrogen-bond donors (Lipinski definition) is 2. The molecule has 0 fully saturated rings. The SMILES string of the molecule is COc1ccc(C(=O)O[C@H](C)C(=O)Nc2ccc(C(N)=O)cc2)cc1. The maximum Gasteiger partial charge on any atom is 0.338 e. The summed E-state index contributed by atoms with van der Waals surface area (Å²) in [6, 6.07) is 12.4. The Morgan fingerprint density at radius 2 is 1.52 bits per heavy atom. The summed E-state index contributed by atoms with van der Waals surface area (Å²) in [6.07, 6.45) is -0.995. The van der Waals surface area contributed by atoms with E-state index < -0.39 is 23.9 Å². The van der Waals surface area contributed by atoms with E-state index in [4.69, 9.17) is 15.2 Å². The first-order valence-corrected chi connectivity index (χ1v) is 7.46. The Labute approximate surface area is 144 Å². The molecule has 7 nitrogen and oxygen atoms in total. The topological polar surface area (TPSA) is 108 Å². The average molecular weight is 342 g/mol. The van der Waals surface area contributed by atoms with Gasteiger partial charge in [-0.3, -0.25) is 9.59 Å². The summed E-state index contributed by atoms with van der Waals surface area (Å²) < 4.78 is 10.2. The number of nitrogens with one attached hydrogen (secondary N) is 1.